The number of anilines is 1. The lowest BCUT2D eigenvalue weighted by molar-refractivity contribution is -0.123. The van der Waals surface area contributed by atoms with Crippen LogP contribution in [0.15, 0.2) is 36.4 Å². The molecule has 6 rings (SSSR count). The van der Waals surface area contributed by atoms with Crippen LogP contribution in [0.2, 0.25) is 0 Å². The Labute approximate surface area is 184 Å². The van der Waals surface area contributed by atoms with Crippen molar-refractivity contribution in [3.8, 4) is 11.5 Å². The number of carbonyl (C=O) groups is 2. The fraction of sp³-hybridized carbons (Fsp3) is 0.333. The third kappa shape index (κ3) is 2.82. The minimum atomic E-state index is -0.645. The van der Waals surface area contributed by atoms with Gasteiger partial charge in [-0.3, -0.25) is 14.7 Å². The van der Waals surface area contributed by atoms with Gasteiger partial charge in [-0.15, -0.1) is 0 Å². The highest BCUT2D eigenvalue weighted by molar-refractivity contribution is 6.09. The van der Waals surface area contributed by atoms with Crippen molar-refractivity contribution in [1.29, 1.82) is 0 Å². The third-order valence-corrected chi connectivity index (χ3v) is 6.62. The molecule has 0 unspecified atom stereocenters. The quantitative estimate of drug-likeness (QED) is 0.454. The second-order valence-corrected chi connectivity index (χ2v) is 9.24. The number of amides is 2. The van der Waals surface area contributed by atoms with Gasteiger partial charge in [-0.2, -0.15) is 5.10 Å². The number of aromatic amines is 2. The number of para-hydroxylation sites is 1. The molecule has 8 nitrogen and oxygen atoms in total. The van der Waals surface area contributed by atoms with Crippen molar-refractivity contribution >= 4 is 39.4 Å². The molecule has 2 aromatic carbocycles. The minimum absolute atomic E-state index is 0.0411. The van der Waals surface area contributed by atoms with E-state index in [1.165, 1.54) is 0 Å². The molecule has 1 fully saturated rings. The lowest BCUT2D eigenvalue weighted by Crippen LogP contribution is -2.41. The predicted octanol–water partition coefficient (Wildman–Crippen LogP) is 3.26. The van der Waals surface area contributed by atoms with Crippen molar-refractivity contribution in [3.63, 3.8) is 0 Å². The van der Waals surface area contributed by atoms with Gasteiger partial charge in [-0.25, -0.2) is 4.98 Å². The predicted molar refractivity (Wildman–Crippen MR) is 122 cm³/mol. The zero-order valence-electron chi connectivity index (χ0n) is 18.0. The molecule has 32 heavy (non-hydrogen) atoms. The van der Waals surface area contributed by atoms with Crippen molar-refractivity contribution in [2.24, 2.45) is 5.92 Å². The molecule has 8 heteroatoms. The Kier molecular flexibility index (Phi) is 3.96. The summed E-state index contributed by atoms with van der Waals surface area (Å²) in [6.07, 6.45) is 1.93. The lowest BCUT2D eigenvalue weighted by Gasteiger charge is -2.20. The molecule has 1 aliphatic heterocycles. The summed E-state index contributed by atoms with van der Waals surface area (Å²) >= 11 is 0. The van der Waals surface area contributed by atoms with Crippen LogP contribution >= 0.6 is 0 Å². The van der Waals surface area contributed by atoms with E-state index in [9.17, 15) is 9.59 Å². The highest BCUT2D eigenvalue weighted by atomic mass is 16.2. The van der Waals surface area contributed by atoms with Crippen LogP contribution in [0, 0.1) is 5.92 Å². The van der Waals surface area contributed by atoms with Crippen molar-refractivity contribution in [1.82, 2.24) is 25.5 Å². The molecule has 0 spiro atoms. The number of rotatable bonds is 5. The summed E-state index contributed by atoms with van der Waals surface area (Å²) in [6, 6.07) is 11.9. The van der Waals surface area contributed by atoms with Crippen LogP contribution in [-0.2, 0) is 15.0 Å². The van der Waals surface area contributed by atoms with Crippen LogP contribution in [0.3, 0.4) is 0 Å². The molecule has 3 heterocycles. The number of nitrogens with zero attached hydrogens (tertiary/aromatic N) is 3. The lowest BCUT2D eigenvalue weighted by atomic mass is 9.86. The molecular weight excluding hydrogens is 404 g/mol. The summed E-state index contributed by atoms with van der Waals surface area (Å²) in [5.74, 6) is 0.982. The van der Waals surface area contributed by atoms with E-state index in [1.54, 1.807) is 4.90 Å². The van der Waals surface area contributed by atoms with Crippen LogP contribution < -0.4 is 10.2 Å². The molecule has 1 saturated carbocycles. The average molecular weight is 428 g/mol. The summed E-state index contributed by atoms with van der Waals surface area (Å²) < 4.78 is 0. The first-order valence-corrected chi connectivity index (χ1v) is 11.0. The Hall–Kier alpha value is -3.68. The topological polar surface area (TPSA) is 107 Å². The fourth-order valence-corrected chi connectivity index (χ4v) is 4.59. The summed E-state index contributed by atoms with van der Waals surface area (Å²) in [5, 5.41) is 11.5. The second-order valence-electron chi connectivity index (χ2n) is 9.24. The number of carbonyl (C=O) groups excluding carboxylic acids is 2. The first kappa shape index (κ1) is 19.0. The smallest absolute Gasteiger partial charge is 0.237 e. The molecule has 0 saturated heterocycles. The number of imidazole rings is 1. The molecule has 162 valence electrons. The molecule has 2 aromatic heterocycles. The Morgan fingerprint density at radius 2 is 2.03 bits per heavy atom. The van der Waals surface area contributed by atoms with Crippen LogP contribution in [0.5, 0.6) is 0 Å². The van der Waals surface area contributed by atoms with E-state index in [0.29, 0.717) is 18.9 Å². The van der Waals surface area contributed by atoms with E-state index >= 15 is 0 Å². The summed E-state index contributed by atoms with van der Waals surface area (Å²) in [7, 11) is 0. The Morgan fingerprint density at radius 1 is 1.22 bits per heavy atom. The Morgan fingerprint density at radius 3 is 2.84 bits per heavy atom. The van der Waals surface area contributed by atoms with Crippen LogP contribution in [0.25, 0.3) is 33.5 Å². The van der Waals surface area contributed by atoms with Gasteiger partial charge < -0.3 is 15.2 Å². The molecule has 2 aliphatic rings. The first-order valence-electron chi connectivity index (χ1n) is 11.0. The highest BCUT2D eigenvalue weighted by Gasteiger charge is 2.44. The summed E-state index contributed by atoms with van der Waals surface area (Å²) in [5.41, 5.74) is 4.56. The first-order chi connectivity index (χ1) is 15.4. The number of fused-ring (bicyclic) bond motifs is 3. The molecule has 0 atom stereocenters. The normalized spacial score (nSPS) is 17.3. The van der Waals surface area contributed by atoms with Gasteiger partial charge in [0.1, 0.15) is 5.69 Å². The van der Waals surface area contributed by atoms with Crippen LogP contribution in [-0.4, -0.2) is 45.1 Å². The largest absolute Gasteiger partial charge is 0.354 e. The van der Waals surface area contributed by atoms with Gasteiger partial charge in [0.05, 0.1) is 27.7 Å². The monoisotopic (exact) mass is 428 g/mol. The number of benzene rings is 2. The average Bonchev–Trinajstić information content (AvgIpc) is 3.37. The van der Waals surface area contributed by atoms with Crippen molar-refractivity contribution in [2.75, 3.05) is 18.0 Å². The molecule has 0 bridgehead atoms. The molecule has 0 radical (unpaired) electrons. The van der Waals surface area contributed by atoms with E-state index in [1.807, 2.05) is 50.2 Å². The van der Waals surface area contributed by atoms with E-state index in [-0.39, 0.29) is 17.7 Å². The van der Waals surface area contributed by atoms with Crippen molar-refractivity contribution in [3.05, 3.63) is 42.0 Å². The van der Waals surface area contributed by atoms with Gasteiger partial charge in [0.15, 0.2) is 5.82 Å². The minimum Gasteiger partial charge on any atom is -0.354 e. The van der Waals surface area contributed by atoms with Crippen molar-refractivity contribution < 1.29 is 9.59 Å². The van der Waals surface area contributed by atoms with Gasteiger partial charge in [0.2, 0.25) is 11.8 Å². The number of aromatic nitrogens is 4. The molecule has 3 N–H and O–H groups in total. The van der Waals surface area contributed by atoms with Gasteiger partial charge in [-0.05, 0) is 50.5 Å². The molecule has 1 aliphatic carbocycles. The summed E-state index contributed by atoms with van der Waals surface area (Å²) in [4.78, 5) is 35.1. The molecule has 4 aromatic rings. The zero-order chi connectivity index (χ0) is 22.0. The fourth-order valence-electron chi connectivity index (χ4n) is 4.59. The Balaban J connectivity index is 1.36. The van der Waals surface area contributed by atoms with Crippen LogP contribution in [0.1, 0.15) is 32.3 Å². The van der Waals surface area contributed by atoms with Gasteiger partial charge >= 0.3 is 0 Å². The molecule has 2 amide bonds. The molecular formula is C24H24N6O2. The van der Waals surface area contributed by atoms with Crippen molar-refractivity contribution in [2.45, 2.75) is 32.1 Å². The van der Waals surface area contributed by atoms with Crippen LogP contribution in [0.4, 0.5) is 5.69 Å². The van der Waals surface area contributed by atoms with Gasteiger partial charge in [-0.1, -0.05) is 18.2 Å². The van der Waals surface area contributed by atoms with Gasteiger partial charge in [0.25, 0.3) is 0 Å². The number of H-pyrrole nitrogens is 2. The zero-order valence-corrected chi connectivity index (χ0v) is 18.0. The third-order valence-electron chi connectivity index (χ3n) is 6.62. The maximum atomic E-state index is 13.2. The Bertz CT molecular complexity index is 1390. The van der Waals surface area contributed by atoms with E-state index in [0.717, 1.165) is 51.7 Å². The number of hydrogen-bond donors (Lipinski definition) is 3. The number of hydrogen-bond acceptors (Lipinski definition) is 4. The van der Waals surface area contributed by atoms with Gasteiger partial charge in [0, 0.05) is 24.4 Å². The summed E-state index contributed by atoms with van der Waals surface area (Å²) in [6.45, 7) is 4.78. The van der Waals surface area contributed by atoms with E-state index < -0.39 is 5.41 Å². The SMILES string of the molecule is CC1(C)C(=O)N(CCNC(=O)C2CC2)c2cc3nc(-c4n[nH]c5ccccc45)[nH]c3cc21. The maximum Gasteiger partial charge on any atom is 0.237 e. The number of nitrogens with one attached hydrogen (secondary N) is 3. The highest BCUT2D eigenvalue weighted by Crippen LogP contribution is 2.43. The maximum absolute atomic E-state index is 13.2. The standard InChI is InChI=1S/C24H24N6O2/c1-24(2)15-11-17-18(27-21(26-17)20-14-5-3-4-6-16(14)28-29-20)12-19(15)30(23(24)32)10-9-25-22(31)13-7-8-13/h3-6,11-13H,7-10H2,1-2H3,(H,25,31)(H,26,27)(H,28,29). The van der Waals surface area contributed by atoms with E-state index in [2.05, 4.69) is 20.5 Å². The second kappa shape index (κ2) is 6.66. The van der Waals surface area contributed by atoms with E-state index in [4.69, 9.17) is 4.98 Å².